The number of nitrogens with zero attached hydrogens (tertiary/aromatic N) is 1. The first kappa shape index (κ1) is 15.2. The zero-order valence-electron chi connectivity index (χ0n) is 11.5. The topological polar surface area (TPSA) is 55.8 Å². The van der Waals surface area contributed by atoms with Crippen molar-refractivity contribution in [3.05, 3.63) is 35.9 Å². The maximum Gasteiger partial charge on any atom is 0.318 e. The van der Waals surface area contributed by atoms with Crippen molar-refractivity contribution in [2.75, 3.05) is 14.2 Å². The fraction of sp³-hybridized carbons (Fsp3) is 0.429. The van der Waals surface area contributed by atoms with Gasteiger partial charge in [0.1, 0.15) is 12.5 Å². The first-order valence-electron chi connectivity index (χ1n) is 6.12. The standard InChI is InChI=1S/C14H19NO4/c1-4-12(13(16)15(2)18-3)14(17)19-10-11-8-6-5-7-9-11/h5-9,12H,4,10H2,1-3H3. The number of rotatable bonds is 6. The molecule has 0 saturated heterocycles. The summed E-state index contributed by atoms with van der Waals surface area (Å²) in [5.41, 5.74) is 0.887. The smallest absolute Gasteiger partial charge is 0.318 e. The molecule has 0 aliphatic rings. The molecule has 1 aromatic carbocycles. The lowest BCUT2D eigenvalue weighted by Gasteiger charge is -2.19. The highest BCUT2D eigenvalue weighted by Crippen LogP contribution is 2.11. The van der Waals surface area contributed by atoms with Crippen molar-refractivity contribution in [1.82, 2.24) is 5.06 Å². The first-order chi connectivity index (χ1) is 9.10. The molecule has 0 heterocycles. The van der Waals surface area contributed by atoms with Gasteiger partial charge in [-0.1, -0.05) is 37.3 Å². The van der Waals surface area contributed by atoms with Crippen molar-refractivity contribution < 1.29 is 19.2 Å². The number of ether oxygens (including phenoxy) is 1. The Balaban J connectivity index is 2.57. The third kappa shape index (κ3) is 4.37. The molecule has 19 heavy (non-hydrogen) atoms. The van der Waals surface area contributed by atoms with Crippen LogP contribution in [-0.4, -0.2) is 31.1 Å². The summed E-state index contributed by atoms with van der Waals surface area (Å²) >= 11 is 0. The summed E-state index contributed by atoms with van der Waals surface area (Å²) in [6.07, 6.45) is 0.375. The van der Waals surface area contributed by atoms with Crippen LogP contribution < -0.4 is 0 Å². The first-order valence-corrected chi connectivity index (χ1v) is 6.12. The highest BCUT2D eigenvalue weighted by molar-refractivity contribution is 5.97. The van der Waals surface area contributed by atoms with Crippen LogP contribution in [-0.2, 0) is 25.8 Å². The van der Waals surface area contributed by atoms with Crippen molar-refractivity contribution >= 4 is 11.9 Å². The summed E-state index contributed by atoms with van der Waals surface area (Å²) in [4.78, 5) is 28.5. The van der Waals surface area contributed by atoms with E-state index in [9.17, 15) is 9.59 Å². The van der Waals surface area contributed by atoms with Crippen molar-refractivity contribution in [1.29, 1.82) is 0 Å². The van der Waals surface area contributed by atoms with Crippen LogP contribution in [0.25, 0.3) is 0 Å². The van der Waals surface area contributed by atoms with Gasteiger partial charge in [0.25, 0.3) is 5.91 Å². The van der Waals surface area contributed by atoms with Gasteiger partial charge in [-0.25, -0.2) is 5.06 Å². The molecule has 104 valence electrons. The normalized spacial score (nSPS) is 11.7. The Labute approximate surface area is 113 Å². The molecule has 0 bridgehead atoms. The van der Waals surface area contributed by atoms with E-state index < -0.39 is 17.8 Å². The van der Waals surface area contributed by atoms with E-state index in [1.807, 2.05) is 30.3 Å². The second-order valence-electron chi connectivity index (χ2n) is 4.07. The van der Waals surface area contributed by atoms with Crippen LogP contribution in [0, 0.1) is 5.92 Å². The third-order valence-corrected chi connectivity index (χ3v) is 2.80. The Hall–Kier alpha value is -1.88. The molecule has 1 aromatic rings. The van der Waals surface area contributed by atoms with Crippen LogP contribution in [0.15, 0.2) is 30.3 Å². The SMILES string of the molecule is CCC(C(=O)OCc1ccccc1)C(=O)N(C)OC. The van der Waals surface area contributed by atoms with Crippen LogP contribution >= 0.6 is 0 Å². The van der Waals surface area contributed by atoms with Gasteiger partial charge in [-0.3, -0.25) is 14.4 Å². The van der Waals surface area contributed by atoms with Crippen molar-refractivity contribution in [2.45, 2.75) is 20.0 Å². The van der Waals surface area contributed by atoms with Crippen LogP contribution in [0.4, 0.5) is 0 Å². The van der Waals surface area contributed by atoms with Crippen LogP contribution in [0.5, 0.6) is 0 Å². The van der Waals surface area contributed by atoms with E-state index in [4.69, 9.17) is 9.57 Å². The van der Waals surface area contributed by atoms with Gasteiger partial charge in [-0.15, -0.1) is 0 Å². The Morgan fingerprint density at radius 2 is 1.89 bits per heavy atom. The molecule has 0 saturated carbocycles. The van der Waals surface area contributed by atoms with Crippen LogP contribution in [0.2, 0.25) is 0 Å². The van der Waals surface area contributed by atoms with E-state index in [0.29, 0.717) is 6.42 Å². The molecule has 0 radical (unpaired) electrons. The Kier molecular flexibility index (Phi) is 6.02. The summed E-state index contributed by atoms with van der Waals surface area (Å²) in [6.45, 7) is 1.93. The minimum Gasteiger partial charge on any atom is -0.460 e. The predicted octanol–water partition coefficient (Wildman–Crippen LogP) is 1.78. The second kappa shape index (κ2) is 7.53. The quantitative estimate of drug-likeness (QED) is 0.447. The molecule has 0 aliphatic heterocycles. The van der Waals surface area contributed by atoms with Crippen molar-refractivity contribution in [3.63, 3.8) is 0 Å². The fourth-order valence-electron chi connectivity index (χ4n) is 1.58. The lowest BCUT2D eigenvalue weighted by molar-refractivity contribution is -0.179. The monoisotopic (exact) mass is 265 g/mol. The van der Waals surface area contributed by atoms with E-state index in [0.717, 1.165) is 10.6 Å². The maximum atomic E-state index is 11.9. The molecule has 0 fully saturated rings. The molecule has 1 rings (SSSR count). The van der Waals surface area contributed by atoms with Crippen molar-refractivity contribution in [2.24, 2.45) is 5.92 Å². The summed E-state index contributed by atoms with van der Waals surface area (Å²) < 4.78 is 5.15. The highest BCUT2D eigenvalue weighted by Gasteiger charge is 2.29. The molecular weight excluding hydrogens is 246 g/mol. The van der Waals surface area contributed by atoms with Gasteiger partial charge in [-0.05, 0) is 12.0 Å². The molecule has 0 spiro atoms. The molecule has 0 aliphatic carbocycles. The summed E-state index contributed by atoms with van der Waals surface area (Å²) in [5.74, 6) is -1.75. The number of amides is 1. The zero-order chi connectivity index (χ0) is 14.3. The average Bonchev–Trinajstić information content (AvgIpc) is 2.45. The van der Waals surface area contributed by atoms with Crippen molar-refractivity contribution in [3.8, 4) is 0 Å². The Morgan fingerprint density at radius 1 is 1.26 bits per heavy atom. The van der Waals surface area contributed by atoms with E-state index >= 15 is 0 Å². The molecule has 5 heteroatoms. The predicted molar refractivity (Wildman–Crippen MR) is 69.8 cm³/mol. The van der Waals surface area contributed by atoms with Gasteiger partial charge in [0.05, 0.1) is 7.11 Å². The van der Waals surface area contributed by atoms with Crippen LogP contribution in [0.1, 0.15) is 18.9 Å². The maximum absolute atomic E-state index is 11.9. The lowest BCUT2D eigenvalue weighted by atomic mass is 10.1. The minimum absolute atomic E-state index is 0.167. The largest absolute Gasteiger partial charge is 0.460 e. The second-order valence-corrected chi connectivity index (χ2v) is 4.07. The minimum atomic E-state index is -0.825. The van der Waals surface area contributed by atoms with E-state index in [1.165, 1.54) is 14.2 Å². The highest BCUT2D eigenvalue weighted by atomic mass is 16.7. The molecule has 1 amide bonds. The van der Waals surface area contributed by atoms with Gasteiger partial charge in [0.2, 0.25) is 0 Å². The number of hydrogen-bond acceptors (Lipinski definition) is 4. The Bertz CT molecular complexity index is 419. The van der Waals surface area contributed by atoms with Gasteiger partial charge in [0.15, 0.2) is 0 Å². The molecule has 0 aromatic heterocycles. The third-order valence-electron chi connectivity index (χ3n) is 2.80. The lowest BCUT2D eigenvalue weighted by Crippen LogP contribution is -2.36. The van der Waals surface area contributed by atoms with E-state index in [-0.39, 0.29) is 6.61 Å². The molecule has 0 N–H and O–H groups in total. The number of carbonyl (C=O) groups is 2. The number of hydroxylamine groups is 2. The van der Waals surface area contributed by atoms with Gasteiger partial charge >= 0.3 is 5.97 Å². The number of hydrogen-bond donors (Lipinski definition) is 0. The van der Waals surface area contributed by atoms with E-state index in [1.54, 1.807) is 6.92 Å². The summed E-state index contributed by atoms with van der Waals surface area (Å²) in [7, 11) is 2.84. The molecular formula is C14H19NO4. The molecule has 1 atom stereocenters. The molecule has 5 nitrogen and oxygen atoms in total. The molecule has 1 unspecified atom stereocenters. The fourth-order valence-corrected chi connectivity index (χ4v) is 1.58. The van der Waals surface area contributed by atoms with Crippen LogP contribution in [0.3, 0.4) is 0 Å². The summed E-state index contributed by atoms with van der Waals surface area (Å²) in [5, 5.41) is 1.04. The van der Waals surface area contributed by atoms with Gasteiger partial charge < -0.3 is 4.74 Å². The number of carbonyl (C=O) groups excluding carboxylic acids is 2. The van der Waals surface area contributed by atoms with Gasteiger partial charge in [0, 0.05) is 7.05 Å². The number of esters is 1. The zero-order valence-corrected chi connectivity index (χ0v) is 11.5. The Morgan fingerprint density at radius 3 is 2.42 bits per heavy atom. The average molecular weight is 265 g/mol. The van der Waals surface area contributed by atoms with Gasteiger partial charge in [-0.2, -0.15) is 0 Å². The number of benzene rings is 1. The van der Waals surface area contributed by atoms with E-state index in [2.05, 4.69) is 0 Å². The summed E-state index contributed by atoms with van der Waals surface area (Å²) in [6, 6.07) is 9.33.